The molecule has 1 rings (SSSR count). The van der Waals surface area contributed by atoms with Crippen LogP contribution in [0.15, 0.2) is 24.3 Å². The molecule has 21 heavy (non-hydrogen) atoms. The van der Waals surface area contributed by atoms with Crippen LogP contribution < -0.4 is 10.6 Å². The van der Waals surface area contributed by atoms with Crippen LogP contribution >= 0.6 is 0 Å². The molecule has 0 saturated heterocycles. The summed E-state index contributed by atoms with van der Waals surface area (Å²) in [6.45, 7) is -1.01. The number of nitrogens with one attached hydrogen (secondary N) is 2. The molecule has 116 valence electrons. The van der Waals surface area contributed by atoms with Gasteiger partial charge in [0, 0.05) is 6.54 Å². The van der Waals surface area contributed by atoms with E-state index in [1.807, 2.05) is 5.32 Å². The Balaban J connectivity index is 2.59. The van der Waals surface area contributed by atoms with Crippen LogP contribution in [0.3, 0.4) is 0 Å². The summed E-state index contributed by atoms with van der Waals surface area (Å²) in [5, 5.41) is 21.5. The van der Waals surface area contributed by atoms with Crippen molar-refractivity contribution < 1.29 is 33.0 Å². The third kappa shape index (κ3) is 5.30. The molecule has 1 atom stereocenters. The van der Waals surface area contributed by atoms with E-state index >= 15 is 0 Å². The number of carboxylic acid groups (broad SMARTS) is 1. The van der Waals surface area contributed by atoms with Gasteiger partial charge in [0.2, 0.25) is 0 Å². The number of hydrogen-bond acceptors (Lipinski definition) is 3. The molecule has 0 aliphatic carbocycles. The number of carbonyl (C=O) groups is 2. The number of halogens is 3. The maximum atomic E-state index is 12.5. The Hall–Kier alpha value is -2.29. The number of aliphatic hydroxyl groups is 1. The predicted molar refractivity (Wildman–Crippen MR) is 65.3 cm³/mol. The molecule has 0 fully saturated rings. The maximum absolute atomic E-state index is 12.5. The Morgan fingerprint density at radius 3 is 2.48 bits per heavy atom. The summed E-state index contributed by atoms with van der Waals surface area (Å²) in [5.74, 6) is -1.42. The molecule has 0 aliphatic heterocycles. The molecular formula is C12H13F3N2O4. The minimum atomic E-state index is -4.48. The molecule has 9 heteroatoms. The van der Waals surface area contributed by atoms with Crippen molar-refractivity contribution in [3.05, 3.63) is 35.4 Å². The summed E-state index contributed by atoms with van der Waals surface area (Å²) in [6, 6.07) is 1.97. The number of benzene rings is 1. The van der Waals surface area contributed by atoms with Crippen LogP contribution in [-0.2, 0) is 17.5 Å². The number of hydrogen-bond donors (Lipinski definition) is 4. The van der Waals surface area contributed by atoms with E-state index in [0.717, 1.165) is 12.1 Å². The molecule has 2 amide bonds. The van der Waals surface area contributed by atoms with E-state index in [4.69, 9.17) is 10.2 Å². The summed E-state index contributed by atoms with van der Waals surface area (Å²) in [7, 11) is 0. The summed E-state index contributed by atoms with van der Waals surface area (Å²) < 4.78 is 37.4. The quantitative estimate of drug-likeness (QED) is 0.651. The van der Waals surface area contributed by atoms with E-state index in [2.05, 4.69) is 5.32 Å². The molecule has 0 unspecified atom stereocenters. The minimum Gasteiger partial charge on any atom is -0.480 e. The largest absolute Gasteiger partial charge is 0.480 e. The zero-order chi connectivity index (χ0) is 16.0. The van der Waals surface area contributed by atoms with E-state index in [9.17, 15) is 22.8 Å². The number of carbonyl (C=O) groups excluding carboxylic acids is 1. The van der Waals surface area contributed by atoms with E-state index < -0.39 is 36.4 Å². The van der Waals surface area contributed by atoms with Crippen molar-refractivity contribution in [1.29, 1.82) is 0 Å². The molecule has 0 spiro atoms. The monoisotopic (exact) mass is 306 g/mol. The van der Waals surface area contributed by atoms with Gasteiger partial charge in [-0.1, -0.05) is 12.1 Å². The first-order valence-electron chi connectivity index (χ1n) is 5.78. The van der Waals surface area contributed by atoms with Crippen molar-refractivity contribution in [2.24, 2.45) is 0 Å². The lowest BCUT2D eigenvalue weighted by molar-refractivity contribution is -0.140. The van der Waals surface area contributed by atoms with E-state index in [-0.39, 0.29) is 12.1 Å². The van der Waals surface area contributed by atoms with Crippen molar-refractivity contribution in [2.45, 2.75) is 18.8 Å². The van der Waals surface area contributed by atoms with Gasteiger partial charge < -0.3 is 20.8 Å². The first-order valence-corrected chi connectivity index (χ1v) is 5.78. The lowest BCUT2D eigenvalue weighted by Gasteiger charge is -2.13. The number of alkyl halides is 3. The zero-order valence-electron chi connectivity index (χ0n) is 10.6. The number of aliphatic carboxylic acids is 1. The number of rotatable bonds is 5. The topological polar surface area (TPSA) is 98.7 Å². The summed E-state index contributed by atoms with van der Waals surface area (Å²) in [4.78, 5) is 21.9. The smallest absolute Gasteiger partial charge is 0.416 e. The van der Waals surface area contributed by atoms with Gasteiger partial charge in [-0.3, -0.25) is 0 Å². The molecule has 0 heterocycles. The first-order chi connectivity index (χ1) is 9.74. The van der Waals surface area contributed by atoms with Crippen molar-refractivity contribution in [3.8, 4) is 0 Å². The fourth-order valence-corrected chi connectivity index (χ4v) is 1.43. The highest BCUT2D eigenvalue weighted by Crippen LogP contribution is 2.29. The number of carboxylic acids is 1. The number of amides is 2. The van der Waals surface area contributed by atoms with Gasteiger partial charge in [0.05, 0.1) is 12.2 Å². The lowest BCUT2D eigenvalue weighted by atomic mass is 10.1. The number of aliphatic hydroxyl groups excluding tert-OH is 1. The normalized spacial score (nSPS) is 12.6. The Labute approximate surface area is 117 Å². The molecule has 1 aromatic carbocycles. The van der Waals surface area contributed by atoms with Crippen LogP contribution in [-0.4, -0.2) is 34.9 Å². The van der Waals surface area contributed by atoms with E-state index in [1.54, 1.807) is 0 Å². The zero-order valence-corrected chi connectivity index (χ0v) is 10.6. The average Bonchev–Trinajstić information content (AvgIpc) is 2.41. The average molecular weight is 306 g/mol. The van der Waals surface area contributed by atoms with Crippen molar-refractivity contribution >= 4 is 12.0 Å². The van der Waals surface area contributed by atoms with Gasteiger partial charge in [-0.05, 0) is 17.7 Å². The van der Waals surface area contributed by atoms with Gasteiger partial charge >= 0.3 is 18.2 Å². The van der Waals surface area contributed by atoms with Crippen LogP contribution in [0.2, 0.25) is 0 Å². The fourth-order valence-electron chi connectivity index (χ4n) is 1.43. The highest BCUT2D eigenvalue weighted by molar-refractivity contribution is 5.82. The second-order valence-electron chi connectivity index (χ2n) is 4.10. The van der Waals surface area contributed by atoms with Crippen LogP contribution in [0.1, 0.15) is 11.1 Å². The second kappa shape index (κ2) is 6.93. The molecule has 0 aliphatic rings. The van der Waals surface area contributed by atoms with Crippen molar-refractivity contribution in [1.82, 2.24) is 10.6 Å². The summed E-state index contributed by atoms with van der Waals surface area (Å²) in [6.07, 6.45) is -4.48. The predicted octanol–water partition coefficient (Wildman–Crippen LogP) is 0.950. The fraction of sp³-hybridized carbons (Fsp3) is 0.333. The van der Waals surface area contributed by atoms with Crippen molar-refractivity contribution in [3.63, 3.8) is 0 Å². The Morgan fingerprint density at radius 2 is 1.95 bits per heavy atom. The highest BCUT2D eigenvalue weighted by atomic mass is 19.4. The standard InChI is InChI=1S/C12H13F3N2O4/c13-12(14,15)8-3-1-2-7(4-8)5-16-11(21)17-9(6-18)10(19)20/h1-4,9,18H,5-6H2,(H,19,20)(H2,16,17,21)/t9-/m1/s1. The van der Waals surface area contributed by atoms with Crippen LogP contribution in [0, 0.1) is 0 Å². The molecule has 0 bridgehead atoms. The van der Waals surface area contributed by atoms with Gasteiger partial charge in [0.15, 0.2) is 6.04 Å². The third-order valence-electron chi connectivity index (χ3n) is 2.49. The third-order valence-corrected chi connectivity index (χ3v) is 2.49. The van der Waals surface area contributed by atoms with Gasteiger partial charge in [0.1, 0.15) is 0 Å². The van der Waals surface area contributed by atoms with Crippen LogP contribution in [0.5, 0.6) is 0 Å². The van der Waals surface area contributed by atoms with E-state index in [1.165, 1.54) is 12.1 Å². The molecule has 6 nitrogen and oxygen atoms in total. The molecule has 1 aromatic rings. The van der Waals surface area contributed by atoms with Gasteiger partial charge in [0.25, 0.3) is 0 Å². The maximum Gasteiger partial charge on any atom is 0.416 e. The van der Waals surface area contributed by atoms with Crippen LogP contribution in [0.25, 0.3) is 0 Å². The van der Waals surface area contributed by atoms with Crippen molar-refractivity contribution in [2.75, 3.05) is 6.61 Å². The van der Waals surface area contributed by atoms with Crippen LogP contribution in [0.4, 0.5) is 18.0 Å². The summed E-state index contributed by atoms with van der Waals surface area (Å²) in [5.41, 5.74) is -0.642. The van der Waals surface area contributed by atoms with Gasteiger partial charge in [-0.2, -0.15) is 13.2 Å². The van der Waals surface area contributed by atoms with Gasteiger partial charge in [-0.25, -0.2) is 9.59 Å². The SMILES string of the molecule is O=C(NCc1cccc(C(F)(F)F)c1)N[C@H](CO)C(=O)O. The molecule has 4 N–H and O–H groups in total. The van der Waals surface area contributed by atoms with Gasteiger partial charge in [-0.15, -0.1) is 0 Å². The highest BCUT2D eigenvalue weighted by Gasteiger charge is 2.30. The molecule has 0 aromatic heterocycles. The molecular weight excluding hydrogens is 293 g/mol. The Morgan fingerprint density at radius 1 is 1.29 bits per heavy atom. The summed E-state index contributed by atoms with van der Waals surface area (Å²) >= 11 is 0. The Kier molecular flexibility index (Phi) is 5.53. The Bertz CT molecular complexity index is 519. The first kappa shape index (κ1) is 16.8. The van der Waals surface area contributed by atoms with E-state index in [0.29, 0.717) is 0 Å². The molecule has 0 saturated carbocycles. The second-order valence-corrected chi connectivity index (χ2v) is 4.10. The minimum absolute atomic E-state index is 0.204. The molecule has 0 radical (unpaired) electrons. The lowest BCUT2D eigenvalue weighted by Crippen LogP contribution is -2.47. The number of urea groups is 1.